The maximum atomic E-state index is 13.2. The second kappa shape index (κ2) is 8.18. The molecular formula is C20H15F2N3O2. The number of halogens is 2. The number of aromatic nitrogens is 1. The quantitative estimate of drug-likeness (QED) is 0.725. The lowest BCUT2D eigenvalue weighted by atomic mass is 10.2. The molecule has 3 aromatic rings. The van der Waals surface area contributed by atoms with Gasteiger partial charge in [0.2, 0.25) is 0 Å². The lowest BCUT2D eigenvalue weighted by molar-refractivity contribution is 0.0946. The molecule has 136 valence electrons. The van der Waals surface area contributed by atoms with Crippen LogP contribution < -0.4 is 10.6 Å². The van der Waals surface area contributed by atoms with Gasteiger partial charge in [0.15, 0.2) is 11.6 Å². The Labute approximate surface area is 154 Å². The summed E-state index contributed by atoms with van der Waals surface area (Å²) in [6, 6.07) is 15.1. The van der Waals surface area contributed by atoms with E-state index in [0.717, 1.165) is 17.7 Å². The van der Waals surface area contributed by atoms with Crippen molar-refractivity contribution in [2.24, 2.45) is 0 Å². The molecule has 2 N–H and O–H groups in total. The monoisotopic (exact) mass is 367 g/mol. The average Bonchev–Trinajstić information content (AvgIpc) is 2.70. The van der Waals surface area contributed by atoms with Crippen molar-refractivity contribution in [3.05, 3.63) is 95.3 Å². The van der Waals surface area contributed by atoms with Gasteiger partial charge in [-0.05, 0) is 29.8 Å². The van der Waals surface area contributed by atoms with Crippen molar-refractivity contribution < 1.29 is 18.4 Å². The van der Waals surface area contributed by atoms with Crippen LogP contribution in [0, 0.1) is 11.6 Å². The predicted molar refractivity (Wildman–Crippen MR) is 96.2 cm³/mol. The molecular weight excluding hydrogens is 352 g/mol. The second-order valence-electron chi connectivity index (χ2n) is 5.68. The lowest BCUT2D eigenvalue weighted by Crippen LogP contribution is -2.24. The van der Waals surface area contributed by atoms with Gasteiger partial charge in [-0.25, -0.2) is 8.78 Å². The topological polar surface area (TPSA) is 71.1 Å². The average molecular weight is 367 g/mol. The van der Waals surface area contributed by atoms with Gasteiger partial charge >= 0.3 is 0 Å². The summed E-state index contributed by atoms with van der Waals surface area (Å²) in [5.41, 5.74) is 1.27. The minimum atomic E-state index is -1.07. The van der Waals surface area contributed by atoms with Crippen LogP contribution in [0.2, 0.25) is 0 Å². The van der Waals surface area contributed by atoms with E-state index in [1.54, 1.807) is 0 Å². The van der Waals surface area contributed by atoms with E-state index >= 15 is 0 Å². The summed E-state index contributed by atoms with van der Waals surface area (Å²) in [7, 11) is 0. The molecule has 0 bridgehead atoms. The van der Waals surface area contributed by atoms with Crippen molar-refractivity contribution >= 4 is 17.5 Å². The third-order valence-electron chi connectivity index (χ3n) is 3.73. The minimum Gasteiger partial charge on any atom is -0.347 e. The maximum Gasteiger partial charge on any atom is 0.270 e. The van der Waals surface area contributed by atoms with Crippen LogP contribution in [0.15, 0.2) is 66.9 Å². The van der Waals surface area contributed by atoms with Gasteiger partial charge in [-0.2, -0.15) is 0 Å². The molecule has 1 aromatic heterocycles. The zero-order valence-corrected chi connectivity index (χ0v) is 14.1. The van der Waals surface area contributed by atoms with E-state index in [1.165, 1.54) is 24.4 Å². The van der Waals surface area contributed by atoms with E-state index in [-0.39, 0.29) is 16.9 Å². The summed E-state index contributed by atoms with van der Waals surface area (Å²) in [4.78, 5) is 28.5. The molecule has 0 aliphatic rings. The van der Waals surface area contributed by atoms with Gasteiger partial charge in [0.25, 0.3) is 11.8 Å². The first-order valence-corrected chi connectivity index (χ1v) is 8.07. The Hall–Kier alpha value is -3.61. The molecule has 0 fully saturated rings. The highest BCUT2D eigenvalue weighted by atomic mass is 19.2. The second-order valence-corrected chi connectivity index (χ2v) is 5.68. The summed E-state index contributed by atoms with van der Waals surface area (Å²) in [5.74, 6) is -3.07. The van der Waals surface area contributed by atoms with Gasteiger partial charge in [0.1, 0.15) is 5.69 Å². The van der Waals surface area contributed by atoms with Crippen molar-refractivity contribution in [1.82, 2.24) is 10.3 Å². The summed E-state index contributed by atoms with van der Waals surface area (Å²) >= 11 is 0. The van der Waals surface area contributed by atoms with Gasteiger partial charge in [-0.15, -0.1) is 0 Å². The van der Waals surface area contributed by atoms with Crippen molar-refractivity contribution in [3.8, 4) is 0 Å². The number of pyridine rings is 1. The first-order valence-electron chi connectivity index (χ1n) is 8.07. The van der Waals surface area contributed by atoms with E-state index < -0.39 is 23.4 Å². The van der Waals surface area contributed by atoms with Crippen molar-refractivity contribution in [2.75, 3.05) is 5.32 Å². The lowest BCUT2D eigenvalue weighted by Gasteiger charge is -2.08. The highest BCUT2D eigenvalue weighted by Crippen LogP contribution is 2.14. The predicted octanol–water partition coefficient (Wildman–Crippen LogP) is 3.54. The molecule has 3 rings (SSSR count). The third-order valence-corrected chi connectivity index (χ3v) is 3.73. The SMILES string of the molecule is O=C(Nc1ccc(F)c(F)c1)c1ccnc(C(=O)NCc2ccccc2)c1. The molecule has 0 spiro atoms. The smallest absolute Gasteiger partial charge is 0.270 e. The maximum absolute atomic E-state index is 13.2. The van der Waals surface area contributed by atoms with E-state index in [4.69, 9.17) is 0 Å². The Balaban J connectivity index is 1.67. The van der Waals surface area contributed by atoms with Crippen LogP contribution in [0.4, 0.5) is 14.5 Å². The van der Waals surface area contributed by atoms with E-state index in [1.807, 2.05) is 30.3 Å². The van der Waals surface area contributed by atoms with Crippen molar-refractivity contribution in [1.29, 1.82) is 0 Å². The molecule has 1 heterocycles. The van der Waals surface area contributed by atoms with E-state index in [0.29, 0.717) is 6.54 Å². The largest absolute Gasteiger partial charge is 0.347 e. The standard InChI is InChI=1S/C20H15F2N3O2/c21-16-7-6-15(11-17(16)22)25-19(26)14-8-9-23-18(10-14)20(27)24-12-13-4-2-1-3-5-13/h1-11H,12H2,(H,24,27)(H,25,26). The minimum absolute atomic E-state index is 0.0730. The number of hydrogen-bond donors (Lipinski definition) is 2. The zero-order valence-electron chi connectivity index (χ0n) is 14.1. The number of benzene rings is 2. The number of nitrogens with one attached hydrogen (secondary N) is 2. The van der Waals surface area contributed by atoms with Gasteiger partial charge < -0.3 is 10.6 Å². The van der Waals surface area contributed by atoms with Gasteiger partial charge in [-0.1, -0.05) is 30.3 Å². The van der Waals surface area contributed by atoms with Crippen LogP contribution in [-0.2, 0) is 6.54 Å². The summed E-state index contributed by atoms with van der Waals surface area (Å²) < 4.78 is 26.2. The molecule has 5 nitrogen and oxygen atoms in total. The molecule has 0 aliphatic heterocycles. The van der Waals surface area contributed by atoms with Crippen LogP contribution in [0.1, 0.15) is 26.4 Å². The number of hydrogen-bond acceptors (Lipinski definition) is 3. The Morgan fingerprint density at radius 2 is 1.67 bits per heavy atom. The van der Waals surface area contributed by atoms with Crippen LogP contribution in [-0.4, -0.2) is 16.8 Å². The number of amides is 2. The van der Waals surface area contributed by atoms with Gasteiger partial charge in [0.05, 0.1) is 0 Å². The number of carbonyl (C=O) groups excluding carboxylic acids is 2. The van der Waals surface area contributed by atoms with Crippen LogP contribution in [0.25, 0.3) is 0 Å². The van der Waals surface area contributed by atoms with E-state index in [9.17, 15) is 18.4 Å². The first kappa shape index (κ1) is 18.2. The highest BCUT2D eigenvalue weighted by Gasteiger charge is 2.13. The highest BCUT2D eigenvalue weighted by molar-refractivity contribution is 6.05. The van der Waals surface area contributed by atoms with Gasteiger partial charge in [-0.3, -0.25) is 14.6 Å². The fourth-order valence-corrected chi connectivity index (χ4v) is 2.34. The van der Waals surface area contributed by atoms with Gasteiger partial charge in [0, 0.05) is 30.1 Å². The number of nitrogens with zero attached hydrogens (tertiary/aromatic N) is 1. The fourth-order valence-electron chi connectivity index (χ4n) is 2.34. The molecule has 2 aromatic carbocycles. The van der Waals surface area contributed by atoms with Crippen molar-refractivity contribution in [2.45, 2.75) is 6.54 Å². The summed E-state index contributed by atoms with van der Waals surface area (Å²) in [6.45, 7) is 0.326. The molecule has 0 saturated carbocycles. The normalized spacial score (nSPS) is 10.3. The summed E-state index contributed by atoms with van der Waals surface area (Å²) in [6.07, 6.45) is 1.33. The molecule has 0 radical (unpaired) electrons. The third kappa shape index (κ3) is 4.72. The van der Waals surface area contributed by atoms with Crippen LogP contribution in [0.5, 0.6) is 0 Å². The first-order chi connectivity index (χ1) is 13.0. The molecule has 27 heavy (non-hydrogen) atoms. The van der Waals surface area contributed by atoms with E-state index in [2.05, 4.69) is 15.6 Å². The fraction of sp³-hybridized carbons (Fsp3) is 0.0500. The molecule has 0 atom stereocenters. The van der Waals surface area contributed by atoms with Crippen LogP contribution >= 0.6 is 0 Å². The Bertz CT molecular complexity index is 978. The van der Waals surface area contributed by atoms with Crippen molar-refractivity contribution in [3.63, 3.8) is 0 Å². The molecule has 2 amide bonds. The molecule has 0 unspecified atom stereocenters. The Kier molecular flexibility index (Phi) is 5.51. The molecule has 0 aliphatic carbocycles. The number of rotatable bonds is 5. The van der Waals surface area contributed by atoms with Crippen LogP contribution in [0.3, 0.4) is 0 Å². The summed E-state index contributed by atoms with van der Waals surface area (Å²) in [5, 5.41) is 5.17. The molecule has 0 saturated heterocycles. The molecule has 7 heteroatoms. The number of anilines is 1. The Morgan fingerprint density at radius 3 is 2.41 bits per heavy atom. The Morgan fingerprint density at radius 1 is 0.889 bits per heavy atom. The zero-order chi connectivity index (χ0) is 19.2. The number of carbonyl (C=O) groups is 2.